The van der Waals surface area contributed by atoms with Crippen molar-refractivity contribution in [1.29, 1.82) is 0 Å². The lowest BCUT2D eigenvalue weighted by atomic mass is 9.81. The molecule has 0 radical (unpaired) electrons. The van der Waals surface area contributed by atoms with Crippen LogP contribution in [0.4, 0.5) is 0 Å². The quantitative estimate of drug-likeness (QED) is 0.278. The molecule has 0 aliphatic heterocycles. The van der Waals surface area contributed by atoms with Crippen molar-refractivity contribution in [2.75, 3.05) is 0 Å². The number of hydrogen-bond acceptors (Lipinski definition) is 0. The Morgan fingerprint density at radius 1 is 0.909 bits per heavy atom. The van der Waals surface area contributed by atoms with Gasteiger partial charge in [0, 0.05) is 5.38 Å². The van der Waals surface area contributed by atoms with Crippen molar-refractivity contribution in [3.8, 4) is 0 Å². The molecule has 0 saturated heterocycles. The molecule has 0 spiro atoms. The molecule has 0 saturated carbocycles. The molecule has 0 amide bonds. The number of benzene rings is 1. The van der Waals surface area contributed by atoms with E-state index in [1.807, 2.05) is 0 Å². The zero-order valence-corrected chi connectivity index (χ0v) is 15.7. The highest BCUT2D eigenvalue weighted by atomic mass is 35.5. The van der Waals surface area contributed by atoms with Crippen LogP contribution in [-0.4, -0.2) is 5.38 Å². The highest BCUT2D eigenvalue weighted by Gasteiger charge is 2.26. The molecule has 0 aliphatic carbocycles. The topological polar surface area (TPSA) is 0 Å². The second-order valence-electron chi connectivity index (χ2n) is 7.35. The molecular weight excluding hydrogens is 288 g/mol. The highest BCUT2D eigenvalue weighted by Crippen LogP contribution is 2.34. The summed E-state index contributed by atoms with van der Waals surface area (Å²) in [6.45, 7) is 6.95. The number of aryl methyl sites for hydroxylation is 1. The predicted molar refractivity (Wildman–Crippen MR) is 101 cm³/mol. The van der Waals surface area contributed by atoms with Gasteiger partial charge < -0.3 is 0 Å². The van der Waals surface area contributed by atoms with Crippen molar-refractivity contribution in [2.24, 2.45) is 5.41 Å². The molecule has 0 N–H and O–H groups in total. The standard InChI is InChI=1S/C21H35Cl/c1-4-5-6-7-8-12-17-20(22)21(2,3)18-13-16-19-14-10-9-11-15-19/h9-11,14-15,20H,4-8,12-13,16-18H2,1-3H3. The van der Waals surface area contributed by atoms with E-state index in [0.29, 0.717) is 5.38 Å². The third-order valence-corrected chi connectivity index (χ3v) is 5.60. The van der Waals surface area contributed by atoms with E-state index in [4.69, 9.17) is 11.6 Å². The van der Waals surface area contributed by atoms with Crippen LogP contribution in [0.25, 0.3) is 0 Å². The summed E-state index contributed by atoms with van der Waals surface area (Å²) >= 11 is 6.69. The predicted octanol–water partition coefficient (Wildman–Crippen LogP) is 7.39. The summed E-state index contributed by atoms with van der Waals surface area (Å²) in [5, 5.41) is 0.314. The van der Waals surface area contributed by atoms with Gasteiger partial charge in [-0.25, -0.2) is 0 Å². The molecular formula is C21H35Cl. The van der Waals surface area contributed by atoms with Gasteiger partial charge in [0.05, 0.1) is 0 Å². The molecule has 1 aromatic carbocycles. The zero-order valence-electron chi connectivity index (χ0n) is 14.9. The normalized spacial score (nSPS) is 13.3. The average Bonchev–Trinajstić information content (AvgIpc) is 2.51. The maximum absolute atomic E-state index is 6.69. The first kappa shape index (κ1) is 19.6. The van der Waals surface area contributed by atoms with Crippen LogP contribution in [-0.2, 0) is 6.42 Å². The van der Waals surface area contributed by atoms with E-state index in [1.54, 1.807) is 0 Å². The fourth-order valence-corrected chi connectivity index (χ4v) is 3.31. The van der Waals surface area contributed by atoms with E-state index in [9.17, 15) is 0 Å². The molecule has 1 heteroatoms. The van der Waals surface area contributed by atoms with E-state index in [-0.39, 0.29) is 5.41 Å². The summed E-state index contributed by atoms with van der Waals surface area (Å²) in [6.07, 6.45) is 12.9. The Labute approximate surface area is 143 Å². The summed E-state index contributed by atoms with van der Waals surface area (Å²) in [5.41, 5.74) is 1.69. The van der Waals surface area contributed by atoms with Crippen molar-refractivity contribution in [1.82, 2.24) is 0 Å². The number of halogens is 1. The van der Waals surface area contributed by atoms with Crippen molar-refractivity contribution < 1.29 is 0 Å². The summed E-state index contributed by atoms with van der Waals surface area (Å²) in [7, 11) is 0. The van der Waals surface area contributed by atoms with Crippen molar-refractivity contribution in [2.45, 2.75) is 90.4 Å². The highest BCUT2D eigenvalue weighted by molar-refractivity contribution is 6.21. The maximum atomic E-state index is 6.69. The average molecular weight is 323 g/mol. The van der Waals surface area contributed by atoms with Crippen LogP contribution in [0.5, 0.6) is 0 Å². The largest absolute Gasteiger partial charge is 0.122 e. The minimum absolute atomic E-state index is 0.250. The fraction of sp³-hybridized carbons (Fsp3) is 0.714. The van der Waals surface area contributed by atoms with Crippen LogP contribution < -0.4 is 0 Å². The Hall–Kier alpha value is -0.490. The Morgan fingerprint density at radius 2 is 1.55 bits per heavy atom. The monoisotopic (exact) mass is 322 g/mol. The lowest BCUT2D eigenvalue weighted by Gasteiger charge is -2.30. The molecule has 126 valence electrons. The minimum atomic E-state index is 0.250. The molecule has 22 heavy (non-hydrogen) atoms. The minimum Gasteiger partial charge on any atom is -0.122 e. The van der Waals surface area contributed by atoms with Gasteiger partial charge in [-0.3, -0.25) is 0 Å². The lowest BCUT2D eigenvalue weighted by Crippen LogP contribution is -2.24. The van der Waals surface area contributed by atoms with E-state index in [0.717, 1.165) is 0 Å². The smallest absolute Gasteiger partial charge is 0.0387 e. The third kappa shape index (κ3) is 8.22. The second kappa shape index (κ2) is 11.1. The van der Waals surface area contributed by atoms with E-state index < -0.39 is 0 Å². The SMILES string of the molecule is CCCCCCCCC(Cl)C(C)(C)CCCc1ccccc1. The van der Waals surface area contributed by atoms with Gasteiger partial charge in [-0.15, -0.1) is 11.6 Å². The van der Waals surface area contributed by atoms with Gasteiger partial charge in [0.1, 0.15) is 0 Å². The van der Waals surface area contributed by atoms with Gasteiger partial charge in [-0.2, -0.15) is 0 Å². The van der Waals surface area contributed by atoms with E-state index >= 15 is 0 Å². The molecule has 0 nitrogen and oxygen atoms in total. The van der Waals surface area contributed by atoms with Gasteiger partial charge in [-0.1, -0.05) is 89.6 Å². The zero-order chi connectivity index (χ0) is 16.3. The number of hydrogen-bond donors (Lipinski definition) is 0. The Morgan fingerprint density at radius 3 is 2.23 bits per heavy atom. The third-order valence-electron chi connectivity index (χ3n) is 4.79. The summed E-state index contributed by atoms with van der Waals surface area (Å²) < 4.78 is 0. The van der Waals surface area contributed by atoms with Gasteiger partial charge in [0.2, 0.25) is 0 Å². The van der Waals surface area contributed by atoms with Crippen molar-refractivity contribution >= 4 is 11.6 Å². The molecule has 0 heterocycles. The molecule has 1 rings (SSSR count). The molecule has 1 aromatic rings. The van der Waals surface area contributed by atoms with Crippen LogP contribution in [0.2, 0.25) is 0 Å². The van der Waals surface area contributed by atoms with Gasteiger partial charge in [-0.05, 0) is 36.7 Å². The summed E-state index contributed by atoms with van der Waals surface area (Å²) in [5.74, 6) is 0. The van der Waals surface area contributed by atoms with Crippen LogP contribution >= 0.6 is 11.6 Å². The van der Waals surface area contributed by atoms with Gasteiger partial charge in [0.25, 0.3) is 0 Å². The first-order valence-corrected chi connectivity index (χ1v) is 9.68. The van der Waals surface area contributed by atoms with Crippen LogP contribution in [0.1, 0.15) is 84.1 Å². The number of unbranched alkanes of at least 4 members (excludes halogenated alkanes) is 5. The lowest BCUT2D eigenvalue weighted by molar-refractivity contribution is 0.293. The first-order chi connectivity index (χ1) is 10.6. The number of rotatable bonds is 12. The maximum Gasteiger partial charge on any atom is 0.0387 e. The Kier molecular flexibility index (Phi) is 9.87. The van der Waals surface area contributed by atoms with Crippen LogP contribution in [0.15, 0.2) is 30.3 Å². The molecule has 0 bridgehead atoms. The van der Waals surface area contributed by atoms with Gasteiger partial charge >= 0.3 is 0 Å². The van der Waals surface area contributed by atoms with Crippen molar-refractivity contribution in [3.05, 3.63) is 35.9 Å². The summed E-state index contributed by atoms with van der Waals surface area (Å²) in [4.78, 5) is 0. The number of alkyl halides is 1. The molecule has 1 unspecified atom stereocenters. The van der Waals surface area contributed by atoms with E-state index in [2.05, 4.69) is 51.1 Å². The fourth-order valence-electron chi connectivity index (χ4n) is 3.04. The first-order valence-electron chi connectivity index (χ1n) is 9.24. The Bertz CT molecular complexity index is 369. The molecule has 0 aromatic heterocycles. The van der Waals surface area contributed by atoms with E-state index in [1.165, 1.54) is 69.8 Å². The van der Waals surface area contributed by atoms with Crippen LogP contribution in [0.3, 0.4) is 0 Å². The molecule has 0 aliphatic rings. The Balaban J connectivity index is 2.17. The van der Waals surface area contributed by atoms with Gasteiger partial charge in [0.15, 0.2) is 0 Å². The van der Waals surface area contributed by atoms with Crippen LogP contribution in [0, 0.1) is 5.41 Å². The summed E-state index contributed by atoms with van der Waals surface area (Å²) in [6, 6.07) is 10.8. The second-order valence-corrected chi connectivity index (χ2v) is 7.88. The molecule has 0 fully saturated rings. The molecule has 1 atom stereocenters. The van der Waals surface area contributed by atoms with Crippen molar-refractivity contribution in [3.63, 3.8) is 0 Å².